The molecule has 0 radical (unpaired) electrons. The number of carbonyl (C=O) groups is 1. The molecule has 28 heavy (non-hydrogen) atoms. The fourth-order valence-corrected chi connectivity index (χ4v) is 3.28. The van der Waals surface area contributed by atoms with E-state index in [9.17, 15) is 9.59 Å². The summed E-state index contributed by atoms with van der Waals surface area (Å²) in [4.78, 5) is 28.7. The van der Waals surface area contributed by atoms with Crippen LogP contribution in [0.2, 0.25) is 5.02 Å². The van der Waals surface area contributed by atoms with E-state index in [4.69, 9.17) is 11.6 Å². The molecule has 0 saturated heterocycles. The molecule has 1 N–H and O–H groups in total. The molecule has 0 unspecified atom stereocenters. The van der Waals surface area contributed by atoms with Crippen molar-refractivity contribution in [3.05, 3.63) is 116 Å². The monoisotopic (exact) mass is 385 g/mol. The van der Waals surface area contributed by atoms with Gasteiger partial charge in [0.05, 0.1) is 5.56 Å². The van der Waals surface area contributed by atoms with Crippen LogP contribution in [0.15, 0.2) is 83.7 Å². The molecule has 0 aliphatic rings. The van der Waals surface area contributed by atoms with Crippen LogP contribution in [0.1, 0.15) is 27.0 Å². The molecule has 0 bridgehead atoms. The van der Waals surface area contributed by atoms with Gasteiger partial charge in [0, 0.05) is 27.1 Å². The van der Waals surface area contributed by atoms with Crippen molar-refractivity contribution in [2.45, 2.75) is 0 Å². The molecule has 1 heterocycles. The van der Waals surface area contributed by atoms with Crippen LogP contribution in [0.25, 0.3) is 23.1 Å². The third-order valence-corrected chi connectivity index (χ3v) is 4.79. The van der Waals surface area contributed by atoms with Gasteiger partial charge >= 0.3 is 0 Å². The van der Waals surface area contributed by atoms with Gasteiger partial charge in [-0.05, 0) is 23.8 Å². The zero-order chi connectivity index (χ0) is 19.5. The molecule has 3 aromatic carbocycles. The van der Waals surface area contributed by atoms with Crippen molar-refractivity contribution in [1.29, 1.82) is 0 Å². The molecule has 136 valence electrons. The molecule has 0 saturated carbocycles. The summed E-state index contributed by atoms with van der Waals surface area (Å²) in [7, 11) is 0. The molecule has 0 aliphatic heterocycles. The standard InChI is InChI=1S/C24H16ClNO2/c25-18-13-10-16(11-14-18)12-15-20-19-8-4-5-9-21(19)26-24(28)22(20)23(27)17-6-2-1-3-7-17/h1-15H,(H,26,28)/b15-12+. The zero-order valence-corrected chi connectivity index (χ0v) is 15.6. The van der Waals surface area contributed by atoms with Gasteiger partial charge < -0.3 is 4.98 Å². The number of para-hydroxylation sites is 1. The van der Waals surface area contributed by atoms with E-state index in [1.54, 1.807) is 36.4 Å². The Morgan fingerprint density at radius 2 is 1.50 bits per heavy atom. The van der Waals surface area contributed by atoms with E-state index >= 15 is 0 Å². The topological polar surface area (TPSA) is 49.9 Å². The van der Waals surface area contributed by atoms with Crippen LogP contribution >= 0.6 is 11.6 Å². The number of benzene rings is 3. The van der Waals surface area contributed by atoms with Crippen LogP contribution in [0, 0.1) is 0 Å². The Balaban J connectivity index is 1.92. The van der Waals surface area contributed by atoms with E-state index in [1.165, 1.54) is 0 Å². The maximum Gasteiger partial charge on any atom is 0.260 e. The highest BCUT2D eigenvalue weighted by Gasteiger charge is 2.19. The number of aromatic nitrogens is 1. The van der Waals surface area contributed by atoms with Crippen LogP contribution in [-0.2, 0) is 0 Å². The number of hydrogen-bond acceptors (Lipinski definition) is 2. The smallest absolute Gasteiger partial charge is 0.260 e. The first-order valence-electron chi connectivity index (χ1n) is 8.82. The van der Waals surface area contributed by atoms with Crippen molar-refractivity contribution in [3.63, 3.8) is 0 Å². The molecule has 1 aromatic heterocycles. The quantitative estimate of drug-likeness (QED) is 0.466. The summed E-state index contributed by atoms with van der Waals surface area (Å²) in [5.74, 6) is -0.302. The largest absolute Gasteiger partial charge is 0.321 e. The minimum atomic E-state index is -0.400. The molecule has 4 aromatic rings. The Bertz CT molecular complexity index is 1240. The number of aromatic amines is 1. The number of hydrogen-bond donors (Lipinski definition) is 1. The number of halogens is 1. The predicted molar refractivity (Wildman–Crippen MR) is 115 cm³/mol. The first-order chi connectivity index (χ1) is 13.6. The van der Waals surface area contributed by atoms with Crippen molar-refractivity contribution in [2.24, 2.45) is 0 Å². The maximum atomic E-state index is 13.1. The van der Waals surface area contributed by atoms with Crippen molar-refractivity contribution >= 4 is 40.4 Å². The van der Waals surface area contributed by atoms with Gasteiger partial charge in [0.2, 0.25) is 0 Å². The molecular formula is C24H16ClNO2. The van der Waals surface area contributed by atoms with E-state index < -0.39 is 5.56 Å². The van der Waals surface area contributed by atoms with E-state index in [0.717, 1.165) is 10.9 Å². The van der Waals surface area contributed by atoms with E-state index in [1.807, 2.05) is 54.6 Å². The second kappa shape index (κ2) is 7.67. The van der Waals surface area contributed by atoms with Crippen LogP contribution in [0.4, 0.5) is 0 Å². The molecule has 4 heteroatoms. The van der Waals surface area contributed by atoms with Gasteiger partial charge in [-0.1, -0.05) is 84.4 Å². The van der Waals surface area contributed by atoms with Gasteiger partial charge in [0.1, 0.15) is 0 Å². The summed E-state index contributed by atoms with van der Waals surface area (Å²) in [5, 5.41) is 1.46. The fraction of sp³-hybridized carbons (Fsp3) is 0. The van der Waals surface area contributed by atoms with Gasteiger partial charge in [0.15, 0.2) is 5.78 Å². The Kier molecular flexibility index (Phi) is 4.92. The van der Waals surface area contributed by atoms with Crippen LogP contribution in [0.5, 0.6) is 0 Å². The summed E-state index contributed by atoms with van der Waals surface area (Å²) in [5.41, 5.74) is 2.42. The lowest BCUT2D eigenvalue weighted by molar-refractivity contribution is 0.103. The summed E-state index contributed by atoms with van der Waals surface area (Å²) in [6, 6.07) is 23.6. The number of fused-ring (bicyclic) bond motifs is 1. The molecular weight excluding hydrogens is 370 g/mol. The SMILES string of the molecule is O=C(c1ccccc1)c1c(/C=C/c2ccc(Cl)cc2)c2ccccc2[nH]c1=O. The van der Waals surface area contributed by atoms with E-state index in [0.29, 0.717) is 21.7 Å². The Labute approximate surface area is 166 Å². The first-order valence-corrected chi connectivity index (χ1v) is 9.20. The van der Waals surface area contributed by atoms with Gasteiger partial charge in [-0.25, -0.2) is 0 Å². The number of nitrogens with one attached hydrogen (secondary N) is 1. The Morgan fingerprint density at radius 1 is 0.821 bits per heavy atom. The molecule has 0 fully saturated rings. The highest BCUT2D eigenvalue weighted by atomic mass is 35.5. The normalized spacial score (nSPS) is 11.2. The van der Waals surface area contributed by atoms with E-state index in [2.05, 4.69) is 4.98 Å². The number of rotatable bonds is 4. The van der Waals surface area contributed by atoms with Crippen LogP contribution in [-0.4, -0.2) is 10.8 Å². The van der Waals surface area contributed by atoms with Gasteiger partial charge in [-0.2, -0.15) is 0 Å². The molecule has 0 spiro atoms. The second-order valence-electron chi connectivity index (χ2n) is 6.37. The van der Waals surface area contributed by atoms with Gasteiger partial charge in [-0.15, -0.1) is 0 Å². The van der Waals surface area contributed by atoms with Crippen LogP contribution in [0.3, 0.4) is 0 Å². The maximum absolute atomic E-state index is 13.1. The summed E-state index contributed by atoms with van der Waals surface area (Å²) >= 11 is 5.95. The average Bonchev–Trinajstić information content (AvgIpc) is 2.73. The Hall–Kier alpha value is -3.43. The minimum absolute atomic E-state index is 0.134. The van der Waals surface area contributed by atoms with Gasteiger partial charge in [-0.3, -0.25) is 9.59 Å². The predicted octanol–water partition coefficient (Wildman–Crippen LogP) is 5.58. The average molecular weight is 386 g/mol. The summed E-state index contributed by atoms with van der Waals surface area (Å²) in [6.45, 7) is 0. The minimum Gasteiger partial charge on any atom is -0.321 e. The molecule has 0 aliphatic carbocycles. The molecule has 0 atom stereocenters. The second-order valence-corrected chi connectivity index (χ2v) is 6.80. The lowest BCUT2D eigenvalue weighted by atomic mass is 9.96. The molecule has 3 nitrogen and oxygen atoms in total. The van der Waals surface area contributed by atoms with Crippen molar-refractivity contribution in [1.82, 2.24) is 4.98 Å². The van der Waals surface area contributed by atoms with Crippen LogP contribution < -0.4 is 5.56 Å². The van der Waals surface area contributed by atoms with Crippen molar-refractivity contribution < 1.29 is 4.79 Å². The first kappa shape index (κ1) is 18.0. The third kappa shape index (κ3) is 3.53. The number of H-pyrrole nitrogens is 1. The van der Waals surface area contributed by atoms with Crippen molar-refractivity contribution in [3.8, 4) is 0 Å². The fourth-order valence-electron chi connectivity index (χ4n) is 3.15. The zero-order valence-electron chi connectivity index (χ0n) is 14.9. The lowest BCUT2D eigenvalue weighted by Crippen LogP contribution is -2.20. The highest BCUT2D eigenvalue weighted by molar-refractivity contribution is 6.30. The Morgan fingerprint density at radius 3 is 2.25 bits per heavy atom. The third-order valence-electron chi connectivity index (χ3n) is 4.54. The number of ketones is 1. The summed E-state index contributed by atoms with van der Waals surface area (Å²) in [6.07, 6.45) is 3.69. The van der Waals surface area contributed by atoms with Gasteiger partial charge in [0.25, 0.3) is 5.56 Å². The molecule has 4 rings (SSSR count). The highest BCUT2D eigenvalue weighted by Crippen LogP contribution is 2.23. The number of carbonyl (C=O) groups excluding carboxylic acids is 1. The molecule has 0 amide bonds. The van der Waals surface area contributed by atoms with E-state index in [-0.39, 0.29) is 11.3 Å². The number of pyridine rings is 1. The lowest BCUT2D eigenvalue weighted by Gasteiger charge is -2.09. The van der Waals surface area contributed by atoms with Crippen molar-refractivity contribution in [2.75, 3.05) is 0 Å². The summed E-state index contributed by atoms with van der Waals surface area (Å²) < 4.78 is 0.